The van der Waals surface area contributed by atoms with E-state index in [2.05, 4.69) is 17.3 Å². The highest BCUT2D eigenvalue weighted by molar-refractivity contribution is 4.95. The van der Waals surface area contributed by atoms with Gasteiger partial charge in [-0.15, -0.1) is 0 Å². The van der Waals surface area contributed by atoms with E-state index in [1.54, 1.807) is 0 Å². The molecule has 0 aromatic heterocycles. The van der Waals surface area contributed by atoms with Crippen LogP contribution in [-0.2, 0) is 0 Å². The summed E-state index contributed by atoms with van der Waals surface area (Å²) in [5.74, 6) is 2.12. The summed E-state index contributed by atoms with van der Waals surface area (Å²) >= 11 is 0. The van der Waals surface area contributed by atoms with Crippen molar-refractivity contribution in [1.29, 1.82) is 0 Å². The van der Waals surface area contributed by atoms with Crippen LogP contribution in [0.5, 0.6) is 0 Å². The second-order valence-electron chi connectivity index (χ2n) is 6.03. The average molecular weight is 208 g/mol. The maximum atomic E-state index is 3.94. The molecule has 0 aromatic carbocycles. The van der Waals surface area contributed by atoms with Crippen molar-refractivity contribution in [2.75, 3.05) is 20.1 Å². The second kappa shape index (κ2) is 4.06. The molecule has 0 aromatic rings. The maximum absolute atomic E-state index is 3.94. The second-order valence-corrected chi connectivity index (χ2v) is 6.03. The maximum Gasteiger partial charge on any atom is 0.0101 e. The molecule has 1 N–H and O–H groups in total. The van der Waals surface area contributed by atoms with Crippen LogP contribution in [0, 0.1) is 11.8 Å². The lowest BCUT2D eigenvalue weighted by molar-refractivity contribution is 0.209. The van der Waals surface area contributed by atoms with E-state index in [1.807, 2.05) is 0 Å². The fourth-order valence-corrected chi connectivity index (χ4v) is 3.93. The van der Waals surface area contributed by atoms with Gasteiger partial charge in [0.1, 0.15) is 0 Å². The minimum Gasteiger partial charge on any atom is -0.311 e. The molecule has 0 radical (unpaired) electrons. The van der Waals surface area contributed by atoms with Gasteiger partial charge in [0.05, 0.1) is 0 Å². The summed E-state index contributed by atoms with van der Waals surface area (Å²) in [6.45, 7) is 2.58. The van der Waals surface area contributed by atoms with Gasteiger partial charge in [-0.25, -0.2) is 0 Å². The van der Waals surface area contributed by atoms with Crippen molar-refractivity contribution in [3.8, 4) is 0 Å². The highest BCUT2D eigenvalue weighted by Gasteiger charge is 2.40. The molecule has 3 unspecified atom stereocenters. The van der Waals surface area contributed by atoms with Crippen molar-refractivity contribution >= 4 is 0 Å². The number of hydrogen-bond acceptors (Lipinski definition) is 2. The first kappa shape index (κ1) is 10.1. The molecule has 0 spiro atoms. The molecule has 0 amide bonds. The van der Waals surface area contributed by atoms with E-state index in [1.165, 1.54) is 51.6 Å². The minimum atomic E-state index is 0.825. The van der Waals surface area contributed by atoms with Crippen LogP contribution in [-0.4, -0.2) is 37.1 Å². The van der Waals surface area contributed by atoms with Gasteiger partial charge in [-0.1, -0.05) is 6.42 Å². The van der Waals surface area contributed by atoms with Crippen LogP contribution in [0.25, 0.3) is 0 Å². The van der Waals surface area contributed by atoms with E-state index in [9.17, 15) is 0 Å². The summed E-state index contributed by atoms with van der Waals surface area (Å²) in [5, 5.41) is 3.94. The number of nitrogens with zero attached hydrogens (tertiary/aromatic N) is 1. The smallest absolute Gasteiger partial charge is 0.0101 e. The van der Waals surface area contributed by atoms with Crippen LogP contribution in [0.3, 0.4) is 0 Å². The molecular weight excluding hydrogens is 184 g/mol. The summed E-state index contributed by atoms with van der Waals surface area (Å²) < 4.78 is 0. The number of piperidine rings is 1. The lowest BCUT2D eigenvalue weighted by Gasteiger charge is -2.34. The molecule has 3 aliphatic rings. The van der Waals surface area contributed by atoms with Gasteiger partial charge in [-0.05, 0) is 64.1 Å². The van der Waals surface area contributed by atoms with Crippen LogP contribution in [0.4, 0.5) is 0 Å². The Bertz CT molecular complexity index is 221. The van der Waals surface area contributed by atoms with Gasteiger partial charge in [0, 0.05) is 12.1 Å². The fraction of sp³-hybridized carbons (Fsp3) is 1.00. The summed E-state index contributed by atoms with van der Waals surface area (Å²) in [4.78, 5) is 2.46. The van der Waals surface area contributed by atoms with Gasteiger partial charge in [0.15, 0.2) is 0 Å². The summed E-state index contributed by atoms with van der Waals surface area (Å²) in [6, 6.07) is 1.71. The largest absolute Gasteiger partial charge is 0.311 e. The van der Waals surface area contributed by atoms with Crippen molar-refractivity contribution < 1.29 is 0 Å². The third-order valence-corrected chi connectivity index (χ3v) is 4.91. The fourth-order valence-electron chi connectivity index (χ4n) is 3.93. The Morgan fingerprint density at radius 2 is 1.80 bits per heavy atom. The first-order chi connectivity index (χ1) is 7.31. The van der Waals surface area contributed by atoms with Crippen molar-refractivity contribution in [1.82, 2.24) is 10.2 Å². The average Bonchev–Trinajstić information content (AvgIpc) is 2.83. The van der Waals surface area contributed by atoms with E-state index in [0.717, 1.165) is 23.9 Å². The van der Waals surface area contributed by atoms with Crippen LogP contribution >= 0.6 is 0 Å². The van der Waals surface area contributed by atoms with Gasteiger partial charge in [0.25, 0.3) is 0 Å². The Labute approximate surface area is 93.4 Å². The highest BCUT2D eigenvalue weighted by atomic mass is 15.1. The molecule has 2 heteroatoms. The number of hydrogen-bond donors (Lipinski definition) is 1. The van der Waals surface area contributed by atoms with E-state index in [4.69, 9.17) is 0 Å². The van der Waals surface area contributed by atoms with E-state index >= 15 is 0 Å². The molecule has 86 valence electrons. The van der Waals surface area contributed by atoms with E-state index < -0.39 is 0 Å². The normalized spacial score (nSPS) is 42.6. The van der Waals surface area contributed by atoms with E-state index in [-0.39, 0.29) is 0 Å². The van der Waals surface area contributed by atoms with Crippen LogP contribution in [0.1, 0.15) is 38.5 Å². The van der Waals surface area contributed by atoms with Gasteiger partial charge >= 0.3 is 0 Å². The van der Waals surface area contributed by atoms with E-state index in [0.29, 0.717) is 0 Å². The standard InChI is InChI=1S/C13H24N2/c1-15-6-4-12(5-7-15)14-13-9-10-2-3-11(13)8-10/h10-14H,2-9H2,1H3. The van der Waals surface area contributed by atoms with Crippen molar-refractivity contribution in [2.45, 2.75) is 50.6 Å². The van der Waals surface area contributed by atoms with Crippen molar-refractivity contribution in [3.63, 3.8) is 0 Å². The molecule has 3 rings (SSSR count). The predicted molar refractivity (Wildman–Crippen MR) is 62.9 cm³/mol. The Morgan fingerprint density at radius 3 is 2.40 bits per heavy atom. The number of rotatable bonds is 2. The molecule has 3 atom stereocenters. The molecule has 2 bridgehead atoms. The lowest BCUT2D eigenvalue weighted by Crippen LogP contribution is -2.46. The first-order valence-electron chi connectivity index (χ1n) is 6.76. The molecule has 2 aliphatic carbocycles. The Balaban J connectivity index is 1.49. The van der Waals surface area contributed by atoms with Gasteiger partial charge < -0.3 is 10.2 Å². The Kier molecular flexibility index (Phi) is 2.73. The highest BCUT2D eigenvalue weighted by Crippen LogP contribution is 2.44. The monoisotopic (exact) mass is 208 g/mol. The van der Waals surface area contributed by atoms with Crippen molar-refractivity contribution in [3.05, 3.63) is 0 Å². The summed E-state index contributed by atoms with van der Waals surface area (Å²) in [7, 11) is 2.24. The molecule has 1 saturated heterocycles. The summed E-state index contributed by atoms with van der Waals surface area (Å²) in [5.41, 5.74) is 0. The topological polar surface area (TPSA) is 15.3 Å². The van der Waals surface area contributed by atoms with Gasteiger partial charge in [-0.2, -0.15) is 0 Å². The summed E-state index contributed by atoms with van der Waals surface area (Å²) in [6.07, 6.45) is 8.78. The Hall–Kier alpha value is -0.0800. The Morgan fingerprint density at radius 1 is 1.00 bits per heavy atom. The molecular formula is C13H24N2. The molecule has 15 heavy (non-hydrogen) atoms. The zero-order valence-corrected chi connectivity index (χ0v) is 9.91. The third kappa shape index (κ3) is 2.07. The molecule has 1 aliphatic heterocycles. The molecule has 3 fully saturated rings. The molecule has 1 heterocycles. The zero-order valence-electron chi connectivity index (χ0n) is 9.91. The predicted octanol–water partition coefficient (Wildman–Crippen LogP) is 1.86. The minimum absolute atomic E-state index is 0.825. The van der Waals surface area contributed by atoms with Gasteiger partial charge in [-0.3, -0.25) is 0 Å². The third-order valence-electron chi connectivity index (χ3n) is 4.91. The number of likely N-dealkylation sites (tertiary alicyclic amines) is 1. The van der Waals surface area contributed by atoms with Crippen molar-refractivity contribution in [2.24, 2.45) is 11.8 Å². The number of nitrogens with one attached hydrogen (secondary N) is 1. The van der Waals surface area contributed by atoms with Crippen LogP contribution in [0.15, 0.2) is 0 Å². The quantitative estimate of drug-likeness (QED) is 0.745. The molecule has 2 saturated carbocycles. The SMILES string of the molecule is CN1CCC(NC2CC3CCC2C3)CC1. The first-order valence-corrected chi connectivity index (χ1v) is 6.76. The number of fused-ring (bicyclic) bond motifs is 2. The van der Waals surface area contributed by atoms with Crippen LogP contribution < -0.4 is 5.32 Å². The lowest BCUT2D eigenvalue weighted by atomic mass is 9.93. The van der Waals surface area contributed by atoms with Gasteiger partial charge in [0.2, 0.25) is 0 Å². The molecule has 2 nitrogen and oxygen atoms in total. The zero-order chi connectivity index (χ0) is 10.3. The van der Waals surface area contributed by atoms with Crippen LogP contribution in [0.2, 0.25) is 0 Å².